The first-order chi connectivity index (χ1) is 12.9. The molecule has 8 heteroatoms. The van der Waals surface area contributed by atoms with Crippen LogP contribution < -0.4 is 16.4 Å². The molecular formula is C19H17ClN4O3. The van der Waals surface area contributed by atoms with E-state index in [1.54, 1.807) is 36.4 Å². The molecule has 0 saturated carbocycles. The number of carbonyl (C=O) groups excluding carboxylic acids is 2. The van der Waals surface area contributed by atoms with E-state index in [4.69, 9.17) is 11.6 Å². The topological polar surface area (TPSA) is 93.1 Å². The number of amides is 2. The molecule has 27 heavy (non-hydrogen) atoms. The van der Waals surface area contributed by atoms with Crippen LogP contribution in [0.5, 0.6) is 0 Å². The molecule has 0 atom stereocenters. The van der Waals surface area contributed by atoms with Gasteiger partial charge in [0.2, 0.25) is 5.91 Å². The van der Waals surface area contributed by atoms with Crippen LogP contribution >= 0.6 is 11.6 Å². The van der Waals surface area contributed by atoms with Gasteiger partial charge in [-0.3, -0.25) is 29.8 Å². The maximum Gasteiger partial charge on any atom is 0.261 e. The van der Waals surface area contributed by atoms with Gasteiger partial charge in [-0.2, -0.15) is 0 Å². The van der Waals surface area contributed by atoms with Crippen LogP contribution in [0.2, 0.25) is 5.02 Å². The monoisotopic (exact) mass is 384 g/mol. The maximum atomic E-state index is 12.5. The summed E-state index contributed by atoms with van der Waals surface area (Å²) >= 11 is 5.80. The van der Waals surface area contributed by atoms with E-state index in [1.165, 1.54) is 10.9 Å². The summed E-state index contributed by atoms with van der Waals surface area (Å²) in [6.45, 7) is 1.61. The first-order valence-electron chi connectivity index (χ1n) is 8.21. The van der Waals surface area contributed by atoms with Crippen molar-refractivity contribution in [2.24, 2.45) is 0 Å². The van der Waals surface area contributed by atoms with Crippen molar-refractivity contribution in [3.05, 3.63) is 75.3 Å². The Balaban J connectivity index is 1.60. The van der Waals surface area contributed by atoms with Crippen molar-refractivity contribution in [1.82, 2.24) is 20.4 Å². The number of hydrogen-bond acceptors (Lipinski definition) is 4. The quantitative estimate of drug-likeness (QED) is 0.670. The Hall–Kier alpha value is -3.19. The molecule has 0 aliphatic carbocycles. The van der Waals surface area contributed by atoms with Crippen molar-refractivity contribution >= 4 is 34.3 Å². The van der Waals surface area contributed by atoms with E-state index in [0.29, 0.717) is 15.9 Å². The largest absolute Gasteiger partial charge is 0.289 e. The molecule has 0 unspecified atom stereocenters. The number of rotatable bonds is 4. The van der Waals surface area contributed by atoms with Gasteiger partial charge in [0, 0.05) is 5.02 Å². The van der Waals surface area contributed by atoms with Gasteiger partial charge in [0.15, 0.2) is 0 Å². The minimum Gasteiger partial charge on any atom is -0.289 e. The van der Waals surface area contributed by atoms with E-state index in [1.807, 2.05) is 13.0 Å². The Kier molecular flexibility index (Phi) is 5.52. The zero-order valence-corrected chi connectivity index (χ0v) is 15.3. The molecule has 1 heterocycles. The number of nitrogens with zero attached hydrogens (tertiary/aromatic N) is 2. The molecule has 2 aromatic carbocycles. The number of halogens is 1. The molecule has 138 valence electrons. The van der Waals surface area contributed by atoms with Crippen LogP contribution in [-0.4, -0.2) is 21.4 Å². The summed E-state index contributed by atoms with van der Waals surface area (Å²) in [6, 6.07) is 12.1. The molecule has 0 fully saturated rings. The van der Waals surface area contributed by atoms with Crippen molar-refractivity contribution < 1.29 is 9.59 Å². The Bertz CT molecular complexity index is 1060. The Morgan fingerprint density at radius 2 is 1.78 bits per heavy atom. The second-order valence-corrected chi connectivity index (χ2v) is 6.48. The lowest BCUT2D eigenvalue weighted by Crippen LogP contribution is -2.44. The number of carbonyl (C=O) groups is 2. The van der Waals surface area contributed by atoms with Gasteiger partial charge in [-0.25, -0.2) is 4.98 Å². The molecular weight excluding hydrogens is 368 g/mol. The highest BCUT2D eigenvalue weighted by Gasteiger charge is 2.10. The summed E-state index contributed by atoms with van der Waals surface area (Å²) in [6.07, 6.45) is 1.42. The lowest BCUT2D eigenvalue weighted by molar-refractivity contribution is -0.128. The van der Waals surface area contributed by atoms with Crippen LogP contribution in [0.1, 0.15) is 11.1 Å². The first-order valence-corrected chi connectivity index (χ1v) is 8.59. The van der Waals surface area contributed by atoms with E-state index in [9.17, 15) is 14.4 Å². The highest BCUT2D eigenvalue weighted by atomic mass is 35.5. The normalized spacial score (nSPS) is 10.6. The highest BCUT2D eigenvalue weighted by molar-refractivity contribution is 6.30. The Labute approximate surface area is 160 Å². The second kappa shape index (κ2) is 8.01. The third kappa shape index (κ3) is 4.51. The van der Waals surface area contributed by atoms with Gasteiger partial charge in [-0.05, 0) is 36.2 Å². The lowest BCUT2D eigenvalue weighted by atomic mass is 10.1. The molecule has 1 aromatic heterocycles. The van der Waals surface area contributed by atoms with Crippen molar-refractivity contribution in [1.29, 1.82) is 0 Å². The second-order valence-electron chi connectivity index (χ2n) is 6.05. The Morgan fingerprint density at radius 3 is 2.52 bits per heavy atom. The number of aryl methyl sites for hydroxylation is 1. The van der Waals surface area contributed by atoms with Gasteiger partial charge >= 0.3 is 0 Å². The van der Waals surface area contributed by atoms with Crippen molar-refractivity contribution in [2.75, 3.05) is 0 Å². The number of fused-ring (bicyclic) bond motifs is 1. The standard InChI is InChI=1S/C19H17ClN4O3/c1-12-3-2-4-15-18(12)21-11-24(19(15)27)10-17(26)23-22-16(25)9-13-5-7-14(20)8-6-13/h2-8,11H,9-10H2,1H3,(H,22,25)(H,23,26). The molecule has 0 bridgehead atoms. The molecule has 2 amide bonds. The fourth-order valence-electron chi connectivity index (χ4n) is 2.62. The molecule has 0 aliphatic rings. The van der Waals surface area contributed by atoms with Crippen LogP contribution in [0.4, 0.5) is 0 Å². The number of aromatic nitrogens is 2. The molecule has 2 N–H and O–H groups in total. The summed E-state index contributed by atoms with van der Waals surface area (Å²) in [5, 5.41) is 1.02. The third-order valence-electron chi connectivity index (χ3n) is 3.99. The Morgan fingerprint density at radius 1 is 1.07 bits per heavy atom. The molecule has 0 spiro atoms. The maximum absolute atomic E-state index is 12.5. The predicted molar refractivity (Wildman–Crippen MR) is 102 cm³/mol. The van der Waals surface area contributed by atoms with E-state index in [0.717, 1.165) is 11.1 Å². The number of para-hydroxylation sites is 1. The van der Waals surface area contributed by atoms with Gasteiger partial charge in [0.25, 0.3) is 11.5 Å². The minimum absolute atomic E-state index is 0.0915. The van der Waals surface area contributed by atoms with Crippen LogP contribution in [0, 0.1) is 6.92 Å². The van der Waals surface area contributed by atoms with Crippen LogP contribution in [0.3, 0.4) is 0 Å². The lowest BCUT2D eigenvalue weighted by Gasteiger charge is -2.10. The zero-order valence-electron chi connectivity index (χ0n) is 14.5. The fourth-order valence-corrected chi connectivity index (χ4v) is 2.74. The average molecular weight is 385 g/mol. The van der Waals surface area contributed by atoms with Gasteiger partial charge in [-0.1, -0.05) is 35.9 Å². The molecule has 7 nitrogen and oxygen atoms in total. The number of hydrazine groups is 1. The first kappa shape index (κ1) is 18.6. The van der Waals surface area contributed by atoms with Crippen LogP contribution in [0.25, 0.3) is 10.9 Å². The third-order valence-corrected chi connectivity index (χ3v) is 4.24. The van der Waals surface area contributed by atoms with E-state index < -0.39 is 5.91 Å². The molecule has 0 radical (unpaired) electrons. The van der Waals surface area contributed by atoms with Gasteiger partial charge in [-0.15, -0.1) is 0 Å². The van der Waals surface area contributed by atoms with E-state index >= 15 is 0 Å². The number of nitrogens with one attached hydrogen (secondary N) is 2. The summed E-state index contributed by atoms with van der Waals surface area (Å²) in [7, 11) is 0. The fraction of sp³-hybridized carbons (Fsp3) is 0.158. The van der Waals surface area contributed by atoms with E-state index in [-0.39, 0.29) is 24.4 Å². The predicted octanol–water partition coefficient (Wildman–Crippen LogP) is 1.75. The SMILES string of the molecule is Cc1cccc2c(=O)n(CC(=O)NNC(=O)Cc3ccc(Cl)cc3)cnc12. The van der Waals surface area contributed by atoms with Crippen molar-refractivity contribution in [3.63, 3.8) is 0 Å². The molecule has 3 rings (SSSR count). The summed E-state index contributed by atoms with van der Waals surface area (Å²) < 4.78 is 1.20. The summed E-state index contributed by atoms with van der Waals surface area (Å²) in [5.41, 5.74) is 6.56. The van der Waals surface area contributed by atoms with Gasteiger partial charge in [0.05, 0.1) is 23.7 Å². The molecule has 0 saturated heterocycles. The van der Waals surface area contributed by atoms with E-state index in [2.05, 4.69) is 15.8 Å². The minimum atomic E-state index is -0.532. The zero-order chi connectivity index (χ0) is 19.4. The molecule has 3 aromatic rings. The average Bonchev–Trinajstić information content (AvgIpc) is 2.65. The smallest absolute Gasteiger partial charge is 0.261 e. The van der Waals surface area contributed by atoms with Crippen molar-refractivity contribution in [2.45, 2.75) is 19.9 Å². The van der Waals surface area contributed by atoms with Crippen LogP contribution in [0.15, 0.2) is 53.6 Å². The summed E-state index contributed by atoms with van der Waals surface area (Å²) in [4.78, 5) is 40.6. The van der Waals surface area contributed by atoms with Crippen LogP contribution in [-0.2, 0) is 22.6 Å². The number of benzene rings is 2. The number of hydrogen-bond donors (Lipinski definition) is 2. The van der Waals surface area contributed by atoms with Gasteiger partial charge in [0.1, 0.15) is 6.54 Å². The van der Waals surface area contributed by atoms with Gasteiger partial charge < -0.3 is 0 Å². The molecule has 0 aliphatic heterocycles. The summed E-state index contributed by atoms with van der Waals surface area (Å²) in [5.74, 6) is -0.916. The van der Waals surface area contributed by atoms with Crippen molar-refractivity contribution in [3.8, 4) is 0 Å². The highest BCUT2D eigenvalue weighted by Crippen LogP contribution is 2.11.